The van der Waals surface area contributed by atoms with Gasteiger partial charge >= 0.3 is 0 Å². The summed E-state index contributed by atoms with van der Waals surface area (Å²) < 4.78 is 2.53. The van der Waals surface area contributed by atoms with Gasteiger partial charge in [-0.25, -0.2) is 0 Å². The minimum Gasteiger partial charge on any atom is -0.310 e. The molecular formula is C86H56BN3. The van der Waals surface area contributed by atoms with Gasteiger partial charge in [-0.2, -0.15) is 0 Å². The summed E-state index contributed by atoms with van der Waals surface area (Å²) in [6.07, 6.45) is 0. The third-order valence-electron chi connectivity index (χ3n) is 18.9. The molecule has 0 fully saturated rings. The summed E-state index contributed by atoms with van der Waals surface area (Å²) in [6.45, 7) is -0.212. The molecule has 90 heavy (non-hydrogen) atoms. The second-order valence-corrected chi connectivity index (χ2v) is 23.8. The minimum atomic E-state index is -0.212. The van der Waals surface area contributed by atoms with Crippen molar-refractivity contribution in [2.45, 2.75) is 0 Å². The Kier molecular flexibility index (Phi) is 12.0. The second-order valence-electron chi connectivity index (χ2n) is 23.8. The first kappa shape index (κ1) is 51.5. The monoisotopic (exact) mass is 1140 g/mol. The molecule has 1 aromatic heterocycles. The van der Waals surface area contributed by atoms with Crippen LogP contribution in [0.15, 0.2) is 340 Å². The van der Waals surface area contributed by atoms with Crippen molar-refractivity contribution < 1.29 is 0 Å². The molecule has 0 saturated carbocycles. The van der Waals surface area contributed by atoms with Crippen LogP contribution in [0.1, 0.15) is 0 Å². The summed E-state index contributed by atoms with van der Waals surface area (Å²) in [4.78, 5) is 5.35. The Balaban J connectivity index is 1.05. The van der Waals surface area contributed by atoms with Gasteiger partial charge < -0.3 is 14.4 Å². The van der Waals surface area contributed by atoms with Gasteiger partial charge in [0.15, 0.2) is 0 Å². The maximum atomic E-state index is 2.69. The van der Waals surface area contributed by atoms with Gasteiger partial charge in [-0.1, -0.05) is 297 Å². The zero-order valence-electron chi connectivity index (χ0n) is 49.3. The highest BCUT2D eigenvalue weighted by atomic mass is 15.2. The van der Waals surface area contributed by atoms with Crippen LogP contribution in [0.5, 0.6) is 0 Å². The van der Waals surface area contributed by atoms with Gasteiger partial charge in [-0.05, 0) is 125 Å². The van der Waals surface area contributed by atoms with Crippen molar-refractivity contribution in [2.24, 2.45) is 0 Å². The molecule has 0 bridgehead atoms. The van der Waals surface area contributed by atoms with E-state index in [9.17, 15) is 0 Å². The Bertz CT molecular complexity index is 5260. The largest absolute Gasteiger partial charge is 0.310 e. The molecular weight excluding hydrogens is 1090 g/mol. The van der Waals surface area contributed by atoms with Crippen molar-refractivity contribution in [2.75, 3.05) is 9.80 Å². The lowest BCUT2D eigenvalue weighted by atomic mass is 9.33. The van der Waals surface area contributed by atoms with Gasteiger partial charge in [0.1, 0.15) is 0 Å². The Morgan fingerprint density at radius 3 is 1.02 bits per heavy atom. The van der Waals surface area contributed by atoms with Crippen LogP contribution in [0.25, 0.3) is 116 Å². The first-order valence-electron chi connectivity index (χ1n) is 31.2. The molecule has 0 radical (unpaired) electrons. The lowest BCUT2D eigenvalue weighted by Crippen LogP contribution is -2.61. The highest BCUT2D eigenvalue weighted by Gasteiger charge is 2.46. The number of fused-ring (bicyclic) bond motifs is 9. The van der Waals surface area contributed by atoms with Crippen LogP contribution >= 0.6 is 0 Å². The van der Waals surface area contributed by atoms with Gasteiger partial charge in [-0.15, -0.1) is 0 Å². The molecule has 0 amide bonds. The van der Waals surface area contributed by atoms with Gasteiger partial charge in [0.25, 0.3) is 6.71 Å². The first-order chi connectivity index (χ1) is 44.7. The predicted molar refractivity (Wildman–Crippen MR) is 382 cm³/mol. The Morgan fingerprint density at radius 1 is 0.233 bits per heavy atom. The standard InChI is InChI=1S/C86H56BN3/c1-6-26-57(27-7-1)62-48-50-75-79(53-62)89(85-69(58-28-8-2-9-29-58)42-24-43-70(85)59-30-10-3-11-31-59)81-55-66(88-77-46-22-20-40-73(77)74-41-21-23-47-78(74)88)56-82-84(81)87(75)76-51-49-65(83-67-38-18-16-36-63(67)52-64-37-17-19-39-68(64)83)54-80(76)90(82)86-71(60-32-12-4-13-33-60)44-25-45-72(86)61-34-14-5-15-35-61/h1-56H. The van der Waals surface area contributed by atoms with Gasteiger partial charge in [0.05, 0.1) is 28.1 Å². The zero-order valence-corrected chi connectivity index (χ0v) is 49.3. The van der Waals surface area contributed by atoms with E-state index in [2.05, 4.69) is 354 Å². The quantitative estimate of drug-likeness (QED) is 0.105. The average molecular weight is 1140 g/mol. The van der Waals surface area contributed by atoms with Crippen molar-refractivity contribution in [3.8, 4) is 72.4 Å². The molecule has 15 aromatic carbocycles. The molecule has 2 aliphatic rings. The van der Waals surface area contributed by atoms with Crippen LogP contribution in [-0.4, -0.2) is 11.3 Å². The SMILES string of the molecule is c1ccc(-c2ccc3c(c2)N(c2c(-c4ccccc4)cccc2-c2ccccc2)c2cc(-n4c5ccccc5c5ccccc54)cc4c2B3c2ccc(-c3c5ccccc5cc5ccccc35)cc2N4c2c(-c3ccccc3)cccc2-c2ccccc2)cc1. The number of aromatic nitrogens is 1. The maximum absolute atomic E-state index is 2.69. The summed E-state index contributed by atoms with van der Waals surface area (Å²) in [5.41, 5.74) is 27.6. The molecule has 0 spiro atoms. The number of hydrogen-bond donors (Lipinski definition) is 0. The highest BCUT2D eigenvalue weighted by Crippen LogP contribution is 2.54. The third-order valence-corrected chi connectivity index (χ3v) is 18.9. The topological polar surface area (TPSA) is 11.4 Å². The van der Waals surface area contributed by atoms with E-state index in [1.54, 1.807) is 0 Å². The van der Waals surface area contributed by atoms with E-state index in [1.165, 1.54) is 59.8 Å². The Hall–Kier alpha value is -11.7. The summed E-state index contributed by atoms with van der Waals surface area (Å²) in [5.74, 6) is 0. The molecule has 0 saturated heterocycles. The van der Waals surface area contributed by atoms with Crippen LogP contribution in [-0.2, 0) is 0 Å². The van der Waals surface area contributed by atoms with Crippen molar-refractivity contribution in [1.29, 1.82) is 0 Å². The Labute approximate surface area is 524 Å². The van der Waals surface area contributed by atoms with Crippen molar-refractivity contribution in [3.05, 3.63) is 340 Å². The molecule has 16 aromatic rings. The van der Waals surface area contributed by atoms with E-state index in [4.69, 9.17) is 0 Å². The number of benzene rings is 15. The number of para-hydroxylation sites is 4. The lowest BCUT2D eigenvalue weighted by molar-refractivity contribution is 1.16. The smallest absolute Gasteiger partial charge is 0.252 e. The van der Waals surface area contributed by atoms with Gasteiger partial charge in [0.2, 0.25) is 0 Å². The lowest BCUT2D eigenvalue weighted by Gasteiger charge is -2.46. The molecule has 2 aliphatic heterocycles. The molecule has 0 atom stereocenters. The van der Waals surface area contributed by atoms with E-state index in [-0.39, 0.29) is 6.71 Å². The molecule has 3 heterocycles. The molecule has 0 N–H and O–H groups in total. The normalized spacial score (nSPS) is 12.4. The summed E-state index contributed by atoms with van der Waals surface area (Å²) in [7, 11) is 0. The summed E-state index contributed by atoms with van der Waals surface area (Å²) in [5, 5.41) is 7.30. The van der Waals surface area contributed by atoms with E-state index >= 15 is 0 Å². The second kappa shape index (κ2) is 21.0. The third kappa shape index (κ3) is 8.15. The van der Waals surface area contributed by atoms with Gasteiger partial charge in [0, 0.05) is 55.8 Å². The summed E-state index contributed by atoms with van der Waals surface area (Å²) >= 11 is 0. The molecule has 4 heteroatoms. The first-order valence-corrected chi connectivity index (χ1v) is 31.2. The van der Waals surface area contributed by atoms with Crippen LogP contribution in [0, 0.1) is 0 Å². The molecule has 0 unspecified atom stereocenters. The zero-order chi connectivity index (χ0) is 59.2. The molecule has 18 rings (SSSR count). The van der Waals surface area contributed by atoms with Crippen LogP contribution < -0.4 is 26.2 Å². The van der Waals surface area contributed by atoms with Crippen molar-refractivity contribution in [1.82, 2.24) is 4.57 Å². The Morgan fingerprint density at radius 2 is 0.589 bits per heavy atom. The highest BCUT2D eigenvalue weighted by molar-refractivity contribution is 7.00. The molecule has 418 valence electrons. The van der Waals surface area contributed by atoms with E-state index in [0.29, 0.717) is 0 Å². The van der Waals surface area contributed by atoms with E-state index in [1.807, 2.05) is 0 Å². The molecule has 0 aliphatic carbocycles. The van der Waals surface area contributed by atoms with Crippen LogP contribution in [0.3, 0.4) is 0 Å². The summed E-state index contributed by atoms with van der Waals surface area (Å²) in [6, 6.07) is 127. The maximum Gasteiger partial charge on any atom is 0.252 e. The van der Waals surface area contributed by atoms with Crippen LogP contribution in [0.4, 0.5) is 34.1 Å². The number of nitrogens with zero attached hydrogens (tertiary/aromatic N) is 3. The molecule has 3 nitrogen and oxygen atoms in total. The minimum absolute atomic E-state index is 0.212. The fourth-order valence-electron chi connectivity index (χ4n) is 15.0. The van der Waals surface area contributed by atoms with Crippen LogP contribution in [0.2, 0.25) is 0 Å². The van der Waals surface area contributed by atoms with E-state index < -0.39 is 0 Å². The fraction of sp³-hybridized carbons (Fsp3) is 0. The van der Waals surface area contributed by atoms with Gasteiger partial charge in [-0.3, -0.25) is 0 Å². The average Bonchev–Trinajstić information content (AvgIpc) is 0.765. The number of anilines is 6. The number of hydrogen-bond acceptors (Lipinski definition) is 2. The predicted octanol–water partition coefficient (Wildman–Crippen LogP) is 21.2. The van der Waals surface area contributed by atoms with E-state index in [0.717, 1.165) is 106 Å². The number of rotatable bonds is 9. The van der Waals surface area contributed by atoms with Crippen molar-refractivity contribution in [3.63, 3.8) is 0 Å². The fourth-order valence-corrected chi connectivity index (χ4v) is 15.0. The van der Waals surface area contributed by atoms with Crippen molar-refractivity contribution >= 4 is 101 Å².